The van der Waals surface area contributed by atoms with Crippen molar-refractivity contribution in [3.8, 4) is 5.75 Å². The Balaban J connectivity index is 2.07. The predicted molar refractivity (Wildman–Crippen MR) is 114 cm³/mol. The third kappa shape index (κ3) is 4.29. The molecular weight excluding hydrogens is 463 g/mol. The molecule has 4 atom stereocenters. The van der Waals surface area contributed by atoms with Gasteiger partial charge in [-0.05, 0) is 25.1 Å². The molecule has 1 aromatic heterocycles. The van der Waals surface area contributed by atoms with Gasteiger partial charge in [0.1, 0.15) is 17.6 Å². The molecule has 34 heavy (non-hydrogen) atoms. The molecule has 0 radical (unpaired) electrons. The Kier molecular flexibility index (Phi) is 6.83. The van der Waals surface area contributed by atoms with E-state index in [4.69, 9.17) is 15.2 Å². The van der Waals surface area contributed by atoms with Crippen molar-refractivity contribution in [2.45, 2.75) is 37.6 Å². The number of amidine groups is 1. The predicted octanol–water partition coefficient (Wildman–Crippen LogP) is 3.78. The maximum Gasteiger partial charge on any atom is 0.417 e. The number of alkyl halides is 3. The average Bonchev–Trinajstić information content (AvgIpc) is 3.07. The zero-order chi connectivity index (χ0) is 25.4. The maximum absolute atomic E-state index is 14.4. The minimum atomic E-state index is -4.86. The fourth-order valence-corrected chi connectivity index (χ4v) is 4.02. The first-order chi connectivity index (χ1) is 15.9. The van der Waals surface area contributed by atoms with Crippen LogP contribution in [0, 0.1) is 17.6 Å². The fourth-order valence-electron chi connectivity index (χ4n) is 4.02. The largest absolute Gasteiger partial charge is 0.493 e. The number of methoxy groups -OCH3 is 1. The van der Waals surface area contributed by atoms with E-state index < -0.39 is 53.0 Å². The number of nitrogens with two attached hydrogens (primary N) is 1. The number of aromatic nitrogens is 1. The molecule has 1 saturated heterocycles. The van der Waals surface area contributed by atoms with Crippen LogP contribution in [0.25, 0.3) is 0 Å². The molecule has 1 fully saturated rings. The molecule has 1 aliphatic heterocycles. The third-order valence-electron chi connectivity index (χ3n) is 6.10. The third-order valence-corrected chi connectivity index (χ3v) is 6.10. The molecule has 3 rings (SSSR count). The summed E-state index contributed by atoms with van der Waals surface area (Å²) in [5.74, 6) is -6.75. The van der Waals surface area contributed by atoms with Crippen LogP contribution in [-0.4, -0.2) is 48.8 Å². The second-order valence-electron chi connectivity index (χ2n) is 7.97. The van der Waals surface area contributed by atoms with E-state index in [0.717, 1.165) is 26.2 Å². The number of carbonyl (C=O) groups excluding carboxylic acids is 1. The molecule has 2 aromatic rings. The van der Waals surface area contributed by atoms with Crippen molar-refractivity contribution in [2.24, 2.45) is 16.6 Å². The summed E-state index contributed by atoms with van der Waals surface area (Å²) < 4.78 is 80.4. The highest BCUT2D eigenvalue weighted by molar-refractivity contribution is 5.99. The minimum absolute atomic E-state index is 0.0795. The van der Waals surface area contributed by atoms with Crippen LogP contribution >= 0.6 is 0 Å². The highest BCUT2D eigenvalue weighted by Crippen LogP contribution is 2.55. The Labute approximate surface area is 192 Å². The van der Waals surface area contributed by atoms with E-state index in [1.165, 1.54) is 32.3 Å². The molecule has 1 aromatic carbocycles. The lowest BCUT2D eigenvalue weighted by Gasteiger charge is -2.32. The summed E-state index contributed by atoms with van der Waals surface area (Å²) in [4.78, 5) is 21.0. The molecule has 0 spiro atoms. The van der Waals surface area contributed by atoms with E-state index in [1.807, 2.05) is 0 Å². The number of halogens is 5. The van der Waals surface area contributed by atoms with Crippen molar-refractivity contribution >= 4 is 17.4 Å². The molecule has 184 valence electrons. The van der Waals surface area contributed by atoms with Crippen LogP contribution in [0.3, 0.4) is 0 Å². The Morgan fingerprint density at radius 2 is 1.97 bits per heavy atom. The van der Waals surface area contributed by atoms with Gasteiger partial charge in [0.2, 0.25) is 5.82 Å². The van der Waals surface area contributed by atoms with Crippen LogP contribution in [0.1, 0.15) is 31.0 Å². The van der Waals surface area contributed by atoms with Gasteiger partial charge in [0, 0.05) is 36.3 Å². The summed E-state index contributed by atoms with van der Waals surface area (Å²) in [5, 5.41) is 2.49. The number of ether oxygens (including phenoxy) is 2. The van der Waals surface area contributed by atoms with E-state index in [-0.39, 0.29) is 22.8 Å². The number of rotatable bonds is 5. The topological polar surface area (TPSA) is 98.8 Å². The normalized spacial score (nSPS) is 25.3. The smallest absolute Gasteiger partial charge is 0.417 e. The number of nitrogens with one attached hydrogen (secondary N) is 1. The van der Waals surface area contributed by atoms with Gasteiger partial charge in [0.05, 0.1) is 7.11 Å². The number of carbonyl (C=O) groups is 1. The molecule has 7 nitrogen and oxygen atoms in total. The Morgan fingerprint density at radius 1 is 1.29 bits per heavy atom. The summed E-state index contributed by atoms with van der Waals surface area (Å²) in [5.41, 5.74) is 3.25. The molecule has 1 amide bonds. The second-order valence-corrected chi connectivity index (χ2v) is 7.97. The highest BCUT2D eigenvalue weighted by atomic mass is 19.4. The molecular formula is C22H23F5N4O3. The SMILES string of the molecule is C/N=C(\N)c1cc(NC(=O)[C@@H]2O[C@@](C)(C(F)(F)F)[C@@H](C)[C@H]2c2ccc(F)c(F)c2OC)ccn1. The fraction of sp³-hybridized carbons (Fsp3) is 0.409. The number of benzene rings is 1. The number of nitrogens with zero attached hydrogens (tertiary/aromatic N) is 2. The van der Waals surface area contributed by atoms with E-state index in [2.05, 4.69) is 15.3 Å². The van der Waals surface area contributed by atoms with Crippen LogP contribution in [0.4, 0.5) is 27.6 Å². The van der Waals surface area contributed by atoms with Crippen molar-refractivity contribution in [2.75, 3.05) is 19.5 Å². The van der Waals surface area contributed by atoms with Crippen molar-refractivity contribution < 1.29 is 36.2 Å². The maximum atomic E-state index is 14.4. The summed E-state index contributed by atoms with van der Waals surface area (Å²) in [7, 11) is 2.49. The van der Waals surface area contributed by atoms with Gasteiger partial charge in [-0.3, -0.25) is 14.8 Å². The standard InChI is InChI=1S/C22H23F5N4O3/c1-10-15(12-5-6-13(23)16(24)17(12)33-4)18(34-21(10,2)22(25,26)27)20(32)31-11-7-8-30-14(9-11)19(28)29-3/h5-10,15,18H,1-4H3,(H2,28,29)(H,30,31,32)/t10-,15-,18+,21+/m0/s1. The number of anilines is 1. The van der Waals surface area contributed by atoms with E-state index in [1.54, 1.807) is 0 Å². The van der Waals surface area contributed by atoms with Gasteiger partial charge < -0.3 is 20.5 Å². The molecule has 1 aliphatic rings. The van der Waals surface area contributed by atoms with Crippen LogP contribution in [0.5, 0.6) is 5.75 Å². The lowest BCUT2D eigenvalue weighted by Crippen LogP contribution is -2.47. The van der Waals surface area contributed by atoms with Crippen molar-refractivity contribution in [1.29, 1.82) is 0 Å². The number of pyridine rings is 1. The molecule has 0 unspecified atom stereocenters. The number of hydrogen-bond donors (Lipinski definition) is 2. The van der Waals surface area contributed by atoms with Gasteiger partial charge in [0.15, 0.2) is 17.2 Å². The van der Waals surface area contributed by atoms with Gasteiger partial charge in [-0.1, -0.05) is 13.0 Å². The van der Waals surface area contributed by atoms with Gasteiger partial charge >= 0.3 is 6.18 Å². The lowest BCUT2D eigenvalue weighted by molar-refractivity contribution is -0.272. The monoisotopic (exact) mass is 486 g/mol. The van der Waals surface area contributed by atoms with Gasteiger partial charge in [-0.15, -0.1) is 0 Å². The second kappa shape index (κ2) is 9.16. The zero-order valence-electron chi connectivity index (χ0n) is 18.7. The first kappa shape index (κ1) is 25.3. The summed E-state index contributed by atoms with van der Waals surface area (Å²) >= 11 is 0. The lowest BCUT2D eigenvalue weighted by atomic mass is 9.77. The van der Waals surface area contributed by atoms with Crippen LogP contribution in [-0.2, 0) is 9.53 Å². The van der Waals surface area contributed by atoms with Crippen molar-refractivity contribution in [1.82, 2.24) is 4.98 Å². The van der Waals surface area contributed by atoms with E-state index >= 15 is 0 Å². The molecule has 0 saturated carbocycles. The summed E-state index contributed by atoms with van der Waals surface area (Å²) in [6.45, 7) is 2.04. The first-order valence-corrected chi connectivity index (χ1v) is 10.1. The minimum Gasteiger partial charge on any atom is -0.493 e. The van der Waals surface area contributed by atoms with Gasteiger partial charge in [-0.25, -0.2) is 4.39 Å². The van der Waals surface area contributed by atoms with Crippen molar-refractivity contribution in [3.05, 3.63) is 53.4 Å². The average molecular weight is 486 g/mol. The quantitative estimate of drug-likeness (QED) is 0.381. The van der Waals surface area contributed by atoms with Crippen LogP contribution < -0.4 is 15.8 Å². The van der Waals surface area contributed by atoms with Gasteiger partial charge in [0.25, 0.3) is 5.91 Å². The summed E-state index contributed by atoms with van der Waals surface area (Å²) in [6, 6.07) is 4.64. The highest BCUT2D eigenvalue weighted by Gasteiger charge is 2.65. The summed E-state index contributed by atoms with van der Waals surface area (Å²) in [6.07, 6.45) is -5.24. The molecule has 0 aliphatic carbocycles. The Morgan fingerprint density at radius 3 is 2.56 bits per heavy atom. The number of hydrogen-bond acceptors (Lipinski definition) is 5. The van der Waals surface area contributed by atoms with Crippen LogP contribution in [0.15, 0.2) is 35.5 Å². The molecule has 12 heteroatoms. The zero-order valence-corrected chi connectivity index (χ0v) is 18.7. The van der Waals surface area contributed by atoms with Crippen LogP contribution in [0.2, 0.25) is 0 Å². The molecule has 3 N–H and O–H groups in total. The number of aliphatic imine (C=N–C) groups is 1. The van der Waals surface area contributed by atoms with E-state index in [0.29, 0.717) is 0 Å². The van der Waals surface area contributed by atoms with Crippen molar-refractivity contribution in [3.63, 3.8) is 0 Å². The Hall–Kier alpha value is -3.28. The molecule has 0 bridgehead atoms. The Bertz CT molecular complexity index is 1120. The first-order valence-electron chi connectivity index (χ1n) is 10.1. The van der Waals surface area contributed by atoms with Gasteiger partial charge in [-0.2, -0.15) is 17.6 Å². The van der Waals surface area contributed by atoms with E-state index in [9.17, 15) is 26.7 Å². The molecule has 2 heterocycles. The number of amides is 1.